The van der Waals surface area contributed by atoms with Gasteiger partial charge in [-0.2, -0.15) is 13.2 Å². The first kappa shape index (κ1) is 16.0. The van der Waals surface area contributed by atoms with Gasteiger partial charge in [0.1, 0.15) is 0 Å². The average Bonchev–Trinajstić information content (AvgIpc) is 2.20. The van der Waals surface area contributed by atoms with Gasteiger partial charge in [0.05, 0.1) is 0 Å². The van der Waals surface area contributed by atoms with E-state index >= 15 is 0 Å². The summed E-state index contributed by atoms with van der Waals surface area (Å²) in [4.78, 5) is 19.2. The summed E-state index contributed by atoms with van der Waals surface area (Å²) in [5.41, 5.74) is 5.52. The molecule has 0 bridgehead atoms. The van der Waals surface area contributed by atoms with Crippen molar-refractivity contribution < 1.29 is 27.9 Å². The van der Waals surface area contributed by atoms with E-state index in [0.717, 1.165) is 0 Å². The molecule has 0 spiro atoms. The Morgan fingerprint density at radius 2 is 1.61 bits per heavy atom. The van der Waals surface area contributed by atoms with Crippen LogP contribution in [0.5, 0.6) is 0 Å². The highest BCUT2D eigenvalue weighted by Crippen LogP contribution is 2.13. The summed E-state index contributed by atoms with van der Waals surface area (Å²) in [5.74, 6) is -2.76. The normalized spacial score (nSPS) is 10.0. The lowest BCUT2D eigenvalue weighted by Gasteiger charge is -1.99. The van der Waals surface area contributed by atoms with Crippen molar-refractivity contribution in [3.8, 4) is 0 Å². The van der Waals surface area contributed by atoms with Gasteiger partial charge >= 0.3 is 18.2 Å². The molecule has 0 unspecified atom stereocenters. The third-order valence-corrected chi connectivity index (χ3v) is 1.61. The largest absolute Gasteiger partial charge is 0.490 e. The predicted octanol–water partition coefficient (Wildman–Crippen LogP) is 2.46. The zero-order chi connectivity index (χ0) is 14.3. The zero-order valence-electron chi connectivity index (χ0n) is 8.66. The number of carbonyl (C=O) groups excluding carboxylic acids is 1. The van der Waals surface area contributed by atoms with Crippen LogP contribution < -0.4 is 11.1 Å². The van der Waals surface area contributed by atoms with E-state index in [4.69, 9.17) is 27.2 Å². The van der Waals surface area contributed by atoms with E-state index in [-0.39, 0.29) is 0 Å². The number of primary amides is 1. The molecule has 0 aliphatic carbocycles. The number of urea groups is 1. The lowest BCUT2D eigenvalue weighted by atomic mass is 10.3. The molecule has 0 saturated heterocycles. The van der Waals surface area contributed by atoms with Gasteiger partial charge in [-0.25, -0.2) is 9.59 Å². The Morgan fingerprint density at radius 3 is 1.89 bits per heavy atom. The van der Waals surface area contributed by atoms with Crippen molar-refractivity contribution in [1.29, 1.82) is 0 Å². The molecule has 1 aromatic rings. The minimum Gasteiger partial charge on any atom is -0.475 e. The van der Waals surface area contributed by atoms with E-state index < -0.39 is 18.2 Å². The molecule has 9 heteroatoms. The van der Waals surface area contributed by atoms with Gasteiger partial charge in [0.25, 0.3) is 0 Å². The number of alkyl halides is 3. The summed E-state index contributed by atoms with van der Waals surface area (Å²) in [7, 11) is 0. The lowest BCUT2D eigenvalue weighted by Crippen LogP contribution is -2.21. The number of carbonyl (C=O) groups is 2. The molecule has 2 amide bonds. The van der Waals surface area contributed by atoms with Crippen LogP contribution in [0.3, 0.4) is 0 Å². The topological polar surface area (TPSA) is 92.4 Å². The minimum absolute atomic E-state index is 0.577. The number of amides is 2. The van der Waals surface area contributed by atoms with Crippen molar-refractivity contribution in [2.45, 2.75) is 6.18 Å². The van der Waals surface area contributed by atoms with Crippen molar-refractivity contribution in [2.75, 3.05) is 5.32 Å². The van der Waals surface area contributed by atoms with Crippen molar-refractivity contribution >= 4 is 29.3 Å². The molecule has 100 valence electrons. The number of hydrogen-bond acceptors (Lipinski definition) is 2. The first-order valence-electron chi connectivity index (χ1n) is 4.25. The van der Waals surface area contributed by atoms with Gasteiger partial charge < -0.3 is 16.2 Å². The molecule has 1 aromatic carbocycles. The molecular weight excluding hydrogens is 277 g/mol. The maximum absolute atomic E-state index is 10.6. The molecule has 18 heavy (non-hydrogen) atoms. The van der Waals surface area contributed by atoms with E-state index in [0.29, 0.717) is 10.7 Å². The van der Waals surface area contributed by atoms with Crippen molar-refractivity contribution in [2.24, 2.45) is 5.73 Å². The molecule has 0 heterocycles. The summed E-state index contributed by atoms with van der Waals surface area (Å²) in [6, 6.07) is 6.12. The van der Waals surface area contributed by atoms with Crippen LogP contribution in [0.4, 0.5) is 23.7 Å². The van der Waals surface area contributed by atoms with Gasteiger partial charge in [-0.15, -0.1) is 0 Å². The summed E-state index contributed by atoms with van der Waals surface area (Å²) >= 11 is 5.60. The molecule has 5 nitrogen and oxygen atoms in total. The Labute approximate surface area is 104 Å². The van der Waals surface area contributed by atoms with Gasteiger partial charge in [-0.3, -0.25) is 0 Å². The molecule has 0 fully saturated rings. The summed E-state index contributed by atoms with van der Waals surface area (Å²) < 4.78 is 31.7. The number of aliphatic carboxylic acids is 1. The van der Waals surface area contributed by atoms with Gasteiger partial charge in [-0.1, -0.05) is 11.6 Å². The van der Waals surface area contributed by atoms with Crippen molar-refractivity contribution in [3.05, 3.63) is 29.3 Å². The monoisotopic (exact) mass is 284 g/mol. The van der Waals surface area contributed by atoms with Gasteiger partial charge in [0, 0.05) is 10.7 Å². The summed E-state index contributed by atoms with van der Waals surface area (Å²) in [6.07, 6.45) is -5.08. The van der Waals surface area contributed by atoms with Crippen LogP contribution in [0, 0.1) is 0 Å². The van der Waals surface area contributed by atoms with Crippen LogP contribution in [0.1, 0.15) is 0 Å². The maximum Gasteiger partial charge on any atom is 0.490 e. The average molecular weight is 285 g/mol. The van der Waals surface area contributed by atoms with Crippen LogP contribution in [-0.4, -0.2) is 23.3 Å². The fourth-order valence-corrected chi connectivity index (χ4v) is 0.801. The molecule has 0 aromatic heterocycles. The number of benzene rings is 1. The van der Waals surface area contributed by atoms with E-state index in [1.807, 2.05) is 0 Å². The van der Waals surface area contributed by atoms with Gasteiger partial charge in [0.2, 0.25) is 0 Å². The summed E-state index contributed by atoms with van der Waals surface area (Å²) in [6.45, 7) is 0. The predicted molar refractivity (Wildman–Crippen MR) is 58.3 cm³/mol. The first-order valence-corrected chi connectivity index (χ1v) is 4.63. The van der Waals surface area contributed by atoms with Gasteiger partial charge in [-0.05, 0) is 24.3 Å². The second-order valence-electron chi connectivity index (χ2n) is 2.80. The molecule has 0 atom stereocenters. The van der Waals surface area contributed by atoms with Crippen molar-refractivity contribution in [3.63, 3.8) is 0 Å². The van der Waals surface area contributed by atoms with Gasteiger partial charge in [0.15, 0.2) is 0 Å². The smallest absolute Gasteiger partial charge is 0.475 e. The Hall–Kier alpha value is -1.96. The van der Waals surface area contributed by atoms with Crippen LogP contribution in [-0.2, 0) is 4.79 Å². The zero-order valence-corrected chi connectivity index (χ0v) is 9.42. The number of halogens is 4. The highest BCUT2D eigenvalue weighted by atomic mass is 35.5. The fraction of sp³-hybridized carbons (Fsp3) is 0.111. The quantitative estimate of drug-likeness (QED) is 0.739. The molecule has 0 radical (unpaired) electrons. The molecule has 4 N–H and O–H groups in total. The number of rotatable bonds is 1. The van der Waals surface area contributed by atoms with E-state index in [1.54, 1.807) is 24.3 Å². The number of carboxylic acid groups (broad SMARTS) is 1. The molecule has 0 saturated carbocycles. The van der Waals surface area contributed by atoms with Crippen LogP contribution in [0.25, 0.3) is 0 Å². The Kier molecular flexibility index (Phi) is 5.97. The highest BCUT2D eigenvalue weighted by Gasteiger charge is 2.38. The van der Waals surface area contributed by atoms with Crippen LogP contribution in [0.15, 0.2) is 24.3 Å². The number of carboxylic acids is 1. The number of anilines is 1. The number of nitrogens with two attached hydrogens (primary N) is 1. The highest BCUT2D eigenvalue weighted by molar-refractivity contribution is 6.30. The lowest BCUT2D eigenvalue weighted by molar-refractivity contribution is -0.192. The molecular formula is C9H8ClF3N2O3. The Bertz CT molecular complexity index is 420. The van der Waals surface area contributed by atoms with E-state index in [2.05, 4.69) is 5.32 Å². The Morgan fingerprint density at radius 1 is 1.22 bits per heavy atom. The standard InChI is InChI=1S/C7H7ClN2O.C2HF3O2/c8-5-1-3-6(4-2-5)10-7(9)11;3-2(4,5)1(6)7/h1-4H,(H3,9,10,11);(H,6,7). The second kappa shape index (κ2) is 6.70. The molecule has 0 aliphatic rings. The van der Waals surface area contributed by atoms with Crippen LogP contribution in [0.2, 0.25) is 5.02 Å². The number of hydrogen-bond donors (Lipinski definition) is 3. The molecule has 0 aliphatic heterocycles. The number of nitrogens with one attached hydrogen (secondary N) is 1. The van der Waals surface area contributed by atoms with E-state index in [9.17, 15) is 18.0 Å². The SMILES string of the molecule is NC(=O)Nc1ccc(Cl)cc1.O=C(O)C(F)(F)F. The third kappa shape index (κ3) is 7.34. The third-order valence-electron chi connectivity index (χ3n) is 1.35. The maximum atomic E-state index is 10.6. The second-order valence-corrected chi connectivity index (χ2v) is 3.24. The Balaban J connectivity index is 0.000000360. The fourth-order valence-electron chi connectivity index (χ4n) is 0.675. The van der Waals surface area contributed by atoms with E-state index in [1.165, 1.54) is 0 Å². The van der Waals surface area contributed by atoms with Crippen molar-refractivity contribution in [1.82, 2.24) is 0 Å². The molecule has 1 rings (SSSR count). The first-order chi connectivity index (χ1) is 8.12. The van der Waals surface area contributed by atoms with Crippen LogP contribution >= 0.6 is 11.6 Å². The summed E-state index contributed by atoms with van der Waals surface area (Å²) in [5, 5.41) is 10.2. The minimum atomic E-state index is -5.08.